The third kappa shape index (κ3) is 7.19. The lowest BCUT2D eigenvalue weighted by molar-refractivity contribution is -0.127. The predicted molar refractivity (Wildman–Crippen MR) is 163 cm³/mol. The van der Waals surface area contributed by atoms with Crippen LogP contribution in [-0.4, -0.2) is 60.5 Å². The van der Waals surface area contributed by atoms with Crippen molar-refractivity contribution in [1.82, 2.24) is 15.4 Å². The van der Waals surface area contributed by atoms with Crippen molar-refractivity contribution in [1.29, 1.82) is 0 Å². The second-order valence-electron chi connectivity index (χ2n) is 11.5. The van der Waals surface area contributed by atoms with E-state index in [-0.39, 0.29) is 17.7 Å². The predicted octanol–water partition coefficient (Wildman–Crippen LogP) is 5.14. The van der Waals surface area contributed by atoms with E-state index in [4.69, 9.17) is 4.52 Å². The summed E-state index contributed by atoms with van der Waals surface area (Å²) in [6.45, 7) is 7.81. The van der Waals surface area contributed by atoms with E-state index in [2.05, 4.69) is 51.9 Å². The van der Waals surface area contributed by atoms with Crippen LogP contribution in [0.25, 0.3) is 0 Å². The van der Waals surface area contributed by atoms with E-state index in [1.807, 2.05) is 17.0 Å². The Labute approximate surface area is 247 Å². The van der Waals surface area contributed by atoms with Gasteiger partial charge in [-0.25, -0.2) is 0 Å². The van der Waals surface area contributed by atoms with Crippen molar-refractivity contribution in [3.8, 4) is 0 Å². The Hall–Kier alpha value is -4.14. The zero-order valence-corrected chi connectivity index (χ0v) is 24.7. The van der Waals surface area contributed by atoms with Crippen LogP contribution in [0, 0.1) is 19.8 Å². The molecule has 9 nitrogen and oxygen atoms in total. The van der Waals surface area contributed by atoms with Crippen LogP contribution in [0.4, 0.5) is 11.4 Å². The molecule has 1 atom stereocenters. The first-order chi connectivity index (χ1) is 20.4. The summed E-state index contributed by atoms with van der Waals surface area (Å²) in [6, 6.07) is 14.1. The highest BCUT2D eigenvalue weighted by Gasteiger charge is 2.22. The first-order valence-electron chi connectivity index (χ1n) is 15.1. The molecule has 222 valence electrons. The molecule has 3 amide bonds. The van der Waals surface area contributed by atoms with E-state index >= 15 is 0 Å². The molecule has 1 unspecified atom stereocenters. The molecule has 0 radical (unpaired) electrons. The number of rotatable bonds is 10. The van der Waals surface area contributed by atoms with Crippen LogP contribution in [0.15, 0.2) is 53.2 Å². The highest BCUT2D eigenvalue weighted by atomic mass is 16.5. The molecule has 2 fully saturated rings. The molecule has 3 heterocycles. The van der Waals surface area contributed by atoms with Gasteiger partial charge in [-0.2, -0.15) is 0 Å². The third-order valence-electron chi connectivity index (χ3n) is 8.49. The van der Waals surface area contributed by atoms with Crippen molar-refractivity contribution in [2.45, 2.75) is 58.8 Å². The Morgan fingerprint density at radius 3 is 2.64 bits per heavy atom. The summed E-state index contributed by atoms with van der Waals surface area (Å²) in [4.78, 5) is 42.3. The molecule has 0 saturated carbocycles. The Morgan fingerprint density at radius 1 is 1.02 bits per heavy atom. The summed E-state index contributed by atoms with van der Waals surface area (Å²) in [5.74, 6) is 0.583. The minimum atomic E-state index is -0.311. The van der Waals surface area contributed by atoms with Crippen LogP contribution in [0.5, 0.6) is 0 Å². The summed E-state index contributed by atoms with van der Waals surface area (Å²) in [7, 11) is 0. The molecule has 5 rings (SSSR count). The smallest absolute Gasteiger partial charge is 0.260 e. The van der Waals surface area contributed by atoms with Crippen LogP contribution < -0.4 is 15.5 Å². The van der Waals surface area contributed by atoms with E-state index in [1.54, 1.807) is 13.0 Å². The Morgan fingerprint density at radius 2 is 1.88 bits per heavy atom. The SMILES string of the molecule is Cc1ccccc1N1CCCC(Cc2ccc(C(=O)NCCCN3CCCC3=O)cc2NC(=O)c2cnoc2C)CC1. The van der Waals surface area contributed by atoms with Crippen LogP contribution in [0.1, 0.15) is 76.1 Å². The minimum absolute atomic E-state index is 0.192. The molecule has 1 aromatic heterocycles. The van der Waals surface area contributed by atoms with Gasteiger partial charge in [0.1, 0.15) is 11.3 Å². The minimum Gasteiger partial charge on any atom is -0.371 e. The van der Waals surface area contributed by atoms with E-state index < -0.39 is 0 Å². The summed E-state index contributed by atoms with van der Waals surface area (Å²) < 4.78 is 5.10. The first kappa shape index (κ1) is 29.4. The molecule has 2 aliphatic heterocycles. The van der Waals surface area contributed by atoms with Crippen molar-refractivity contribution in [3.63, 3.8) is 0 Å². The molecule has 0 aliphatic carbocycles. The van der Waals surface area contributed by atoms with Crippen molar-refractivity contribution < 1.29 is 18.9 Å². The van der Waals surface area contributed by atoms with Crippen molar-refractivity contribution in [2.24, 2.45) is 5.92 Å². The fourth-order valence-corrected chi connectivity index (χ4v) is 6.07. The number of aromatic nitrogens is 1. The van der Waals surface area contributed by atoms with E-state index in [0.29, 0.717) is 54.4 Å². The molecule has 0 spiro atoms. The Bertz CT molecular complexity index is 1420. The number of hydrogen-bond donors (Lipinski definition) is 2. The second kappa shape index (κ2) is 13.7. The van der Waals surface area contributed by atoms with E-state index in [1.165, 1.54) is 17.4 Å². The van der Waals surface area contributed by atoms with Gasteiger partial charge in [0.05, 0.1) is 6.20 Å². The van der Waals surface area contributed by atoms with Crippen LogP contribution in [0.3, 0.4) is 0 Å². The molecule has 2 N–H and O–H groups in total. The monoisotopic (exact) mass is 571 g/mol. The van der Waals surface area contributed by atoms with Gasteiger partial charge in [0.25, 0.3) is 11.8 Å². The number of likely N-dealkylation sites (tertiary alicyclic amines) is 1. The fourth-order valence-electron chi connectivity index (χ4n) is 6.07. The van der Waals surface area contributed by atoms with E-state index in [0.717, 1.165) is 57.3 Å². The van der Waals surface area contributed by atoms with Gasteiger partial charge in [-0.15, -0.1) is 0 Å². The summed E-state index contributed by atoms with van der Waals surface area (Å²) in [5, 5.41) is 9.74. The number of amides is 3. The number of nitrogens with one attached hydrogen (secondary N) is 2. The average molecular weight is 572 g/mol. The zero-order valence-electron chi connectivity index (χ0n) is 24.7. The van der Waals surface area contributed by atoms with Gasteiger partial charge in [-0.05, 0) is 87.6 Å². The van der Waals surface area contributed by atoms with Gasteiger partial charge in [0.15, 0.2) is 0 Å². The Balaban J connectivity index is 1.26. The quantitative estimate of drug-likeness (QED) is 0.327. The Kier molecular flexibility index (Phi) is 9.56. The standard InChI is InChI=1S/C33H41N5O4/c1-23-8-3-4-10-30(23)37-16-5-9-25(14-19-37)20-26-12-13-27(21-29(26)36-33(41)28-22-35-42-24(28)2)32(40)34-15-7-18-38-17-6-11-31(38)39/h3-4,8,10,12-13,21-22,25H,5-7,9,11,14-20H2,1-2H3,(H,34,40)(H,36,41). The summed E-state index contributed by atoms with van der Waals surface area (Å²) in [6.07, 6.45) is 7.70. The summed E-state index contributed by atoms with van der Waals surface area (Å²) >= 11 is 0. The number of nitrogens with zero attached hydrogens (tertiary/aromatic N) is 3. The maximum Gasteiger partial charge on any atom is 0.260 e. The average Bonchev–Trinajstić information content (AvgIpc) is 3.53. The largest absolute Gasteiger partial charge is 0.371 e. The maximum absolute atomic E-state index is 13.1. The van der Waals surface area contributed by atoms with Gasteiger partial charge in [-0.3, -0.25) is 14.4 Å². The van der Waals surface area contributed by atoms with Gasteiger partial charge in [0.2, 0.25) is 5.91 Å². The molecule has 3 aromatic rings. The summed E-state index contributed by atoms with van der Waals surface area (Å²) in [5.41, 5.74) is 5.10. The zero-order chi connectivity index (χ0) is 29.5. The maximum atomic E-state index is 13.1. The topological polar surface area (TPSA) is 108 Å². The van der Waals surface area contributed by atoms with Crippen LogP contribution >= 0.6 is 0 Å². The second-order valence-corrected chi connectivity index (χ2v) is 11.5. The molecule has 2 aliphatic rings. The first-order valence-corrected chi connectivity index (χ1v) is 15.1. The lowest BCUT2D eigenvalue weighted by atomic mass is 9.91. The fraction of sp³-hybridized carbons (Fsp3) is 0.455. The highest BCUT2D eigenvalue weighted by Crippen LogP contribution is 2.30. The number of carbonyl (C=O) groups excluding carboxylic acids is 3. The molecular weight excluding hydrogens is 530 g/mol. The lowest BCUT2D eigenvalue weighted by Gasteiger charge is -2.25. The molecule has 2 saturated heterocycles. The van der Waals surface area contributed by atoms with Crippen molar-refractivity contribution >= 4 is 29.1 Å². The number of benzene rings is 2. The van der Waals surface area contributed by atoms with Gasteiger partial charge < -0.3 is 25.0 Å². The van der Waals surface area contributed by atoms with E-state index in [9.17, 15) is 14.4 Å². The highest BCUT2D eigenvalue weighted by molar-refractivity contribution is 6.06. The number of para-hydroxylation sites is 1. The normalized spacial score (nSPS) is 17.3. The number of hydrogen-bond acceptors (Lipinski definition) is 6. The van der Waals surface area contributed by atoms with Crippen LogP contribution in [-0.2, 0) is 11.2 Å². The number of aryl methyl sites for hydroxylation is 2. The van der Waals surface area contributed by atoms with Gasteiger partial charge in [-0.1, -0.05) is 29.4 Å². The molecule has 2 aromatic carbocycles. The van der Waals surface area contributed by atoms with Crippen molar-refractivity contribution in [2.75, 3.05) is 42.9 Å². The van der Waals surface area contributed by atoms with Gasteiger partial charge >= 0.3 is 0 Å². The van der Waals surface area contributed by atoms with Crippen molar-refractivity contribution in [3.05, 3.63) is 76.7 Å². The third-order valence-corrected chi connectivity index (χ3v) is 8.49. The molecule has 9 heteroatoms. The molecule has 0 bridgehead atoms. The number of anilines is 2. The molecular formula is C33H41N5O4. The molecule has 42 heavy (non-hydrogen) atoms. The van der Waals surface area contributed by atoms with Gasteiger partial charge in [0, 0.05) is 56.1 Å². The lowest BCUT2D eigenvalue weighted by Crippen LogP contribution is -2.30. The van der Waals surface area contributed by atoms with Crippen LogP contribution in [0.2, 0.25) is 0 Å². The number of carbonyl (C=O) groups is 3.